The summed E-state index contributed by atoms with van der Waals surface area (Å²) in [5.74, 6) is 0.994. The van der Waals surface area contributed by atoms with Crippen molar-refractivity contribution in [3.63, 3.8) is 0 Å². The SMILES string of the molecule is NC1CCCN(c2cc(-c3ccc(Br)cc3)[nH]n2)C1. The third-order valence-electron chi connectivity index (χ3n) is 3.50. The van der Waals surface area contributed by atoms with Gasteiger partial charge in [0.1, 0.15) is 0 Å². The summed E-state index contributed by atoms with van der Waals surface area (Å²) in [5, 5.41) is 7.51. The van der Waals surface area contributed by atoms with Gasteiger partial charge >= 0.3 is 0 Å². The lowest BCUT2D eigenvalue weighted by Gasteiger charge is -2.30. The van der Waals surface area contributed by atoms with Crippen LogP contribution in [0.15, 0.2) is 34.8 Å². The number of aromatic amines is 1. The molecule has 0 bridgehead atoms. The highest BCUT2D eigenvalue weighted by atomic mass is 79.9. The summed E-state index contributed by atoms with van der Waals surface area (Å²) in [6, 6.07) is 10.6. The summed E-state index contributed by atoms with van der Waals surface area (Å²) in [6.45, 7) is 1.93. The van der Waals surface area contributed by atoms with E-state index in [1.807, 2.05) is 12.1 Å². The number of hydrogen-bond acceptors (Lipinski definition) is 3. The predicted molar refractivity (Wildman–Crippen MR) is 81.1 cm³/mol. The minimum absolute atomic E-state index is 0.265. The highest BCUT2D eigenvalue weighted by Crippen LogP contribution is 2.25. The van der Waals surface area contributed by atoms with E-state index in [0.29, 0.717) is 0 Å². The molecule has 19 heavy (non-hydrogen) atoms. The maximum absolute atomic E-state index is 6.01. The van der Waals surface area contributed by atoms with Gasteiger partial charge in [0.25, 0.3) is 0 Å². The van der Waals surface area contributed by atoms with E-state index in [1.54, 1.807) is 0 Å². The van der Waals surface area contributed by atoms with Crippen LogP contribution in [-0.2, 0) is 0 Å². The van der Waals surface area contributed by atoms with Crippen LogP contribution in [0.25, 0.3) is 11.3 Å². The van der Waals surface area contributed by atoms with E-state index in [4.69, 9.17) is 5.73 Å². The molecule has 0 radical (unpaired) electrons. The van der Waals surface area contributed by atoms with E-state index in [0.717, 1.165) is 47.5 Å². The second kappa shape index (κ2) is 5.35. The lowest BCUT2D eigenvalue weighted by atomic mass is 10.1. The second-order valence-electron chi connectivity index (χ2n) is 5.00. The summed E-state index contributed by atoms with van der Waals surface area (Å²) in [5.41, 5.74) is 8.20. The number of H-pyrrole nitrogens is 1. The standard InChI is InChI=1S/C14H17BrN4/c15-11-5-3-10(4-6-11)13-8-14(18-17-13)19-7-1-2-12(16)9-19/h3-6,8,12H,1-2,7,9,16H2,(H,17,18). The molecule has 0 saturated carbocycles. The van der Waals surface area contributed by atoms with Gasteiger partial charge in [-0.3, -0.25) is 5.10 Å². The van der Waals surface area contributed by atoms with Crippen LogP contribution in [0.4, 0.5) is 5.82 Å². The number of anilines is 1. The topological polar surface area (TPSA) is 57.9 Å². The van der Waals surface area contributed by atoms with Crippen LogP contribution in [0.1, 0.15) is 12.8 Å². The van der Waals surface area contributed by atoms with Crippen molar-refractivity contribution in [2.45, 2.75) is 18.9 Å². The smallest absolute Gasteiger partial charge is 0.151 e. The van der Waals surface area contributed by atoms with Gasteiger partial charge in [-0.1, -0.05) is 28.1 Å². The molecule has 1 fully saturated rings. The number of rotatable bonds is 2. The molecule has 1 unspecified atom stereocenters. The first-order valence-corrected chi connectivity index (χ1v) is 7.33. The van der Waals surface area contributed by atoms with E-state index in [2.05, 4.69) is 49.2 Å². The minimum atomic E-state index is 0.265. The molecule has 1 aliphatic heterocycles. The third kappa shape index (κ3) is 2.82. The largest absolute Gasteiger partial charge is 0.354 e. The molecular weight excluding hydrogens is 304 g/mol. The number of hydrogen-bond donors (Lipinski definition) is 2. The van der Waals surface area contributed by atoms with Crippen molar-refractivity contribution in [2.24, 2.45) is 5.73 Å². The summed E-state index contributed by atoms with van der Waals surface area (Å²) < 4.78 is 1.08. The monoisotopic (exact) mass is 320 g/mol. The second-order valence-corrected chi connectivity index (χ2v) is 5.91. The number of benzene rings is 1. The zero-order chi connectivity index (χ0) is 13.2. The number of nitrogens with zero attached hydrogens (tertiary/aromatic N) is 2. The fourth-order valence-electron chi connectivity index (χ4n) is 2.47. The Morgan fingerprint density at radius 3 is 2.84 bits per heavy atom. The highest BCUT2D eigenvalue weighted by Gasteiger charge is 2.19. The molecule has 5 heteroatoms. The van der Waals surface area contributed by atoms with E-state index in [9.17, 15) is 0 Å². The van der Waals surface area contributed by atoms with Gasteiger partial charge in [-0.25, -0.2) is 0 Å². The Hall–Kier alpha value is -1.33. The first-order chi connectivity index (χ1) is 9.22. The van der Waals surface area contributed by atoms with Gasteiger partial charge < -0.3 is 10.6 Å². The average molecular weight is 321 g/mol. The molecule has 4 nitrogen and oxygen atoms in total. The average Bonchev–Trinajstić information content (AvgIpc) is 2.89. The normalized spacial score (nSPS) is 19.7. The van der Waals surface area contributed by atoms with Gasteiger partial charge in [0.2, 0.25) is 0 Å². The molecule has 0 spiro atoms. The molecule has 2 heterocycles. The van der Waals surface area contributed by atoms with Crippen molar-refractivity contribution in [3.8, 4) is 11.3 Å². The Kier molecular flexibility index (Phi) is 3.57. The van der Waals surface area contributed by atoms with Crippen LogP contribution < -0.4 is 10.6 Å². The van der Waals surface area contributed by atoms with Gasteiger partial charge in [-0.15, -0.1) is 0 Å². The summed E-state index contributed by atoms with van der Waals surface area (Å²) in [6.07, 6.45) is 2.25. The van der Waals surface area contributed by atoms with Crippen molar-refractivity contribution in [1.82, 2.24) is 10.2 Å². The molecule has 3 N–H and O–H groups in total. The Bertz CT molecular complexity index is 549. The van der Waals surface area contributed by atoms with Crippen molar-refractivity contribution in [3.05, 3.63) is 34.8 Å². The maximum Gasteiger partial charge on any atom is 0.151 e. The number of nitrogens with two attached hydrogens (primary N) is 1. The number of halogens is 1. The Morgan fingerprint density at radius 2 is 2.11 bits per heavy atom. The van der Waals surface area contributed by atoms with E-state index in [-0.39, 0.29) is 6.04 Å². The van der Waals surface area contributed by atoms with Crippen LogP contribution >= 0.6 is 15.9 Å². The van der Waals surface area contributed by atoms with Gasteiger partial charge in [-0.2, -0.15) is 5.10 Å². The fraction of sp³-hybridized carbons (Fsp3) is 0.357. The quantitative estimate of drug-likeness (QED) is 0.894. The van der Waals surface area contributed by atoms with Gasteiger partial charge in [0, 0.05) is 29.7 Å². The fourth-order valence-corrected chi connectivity index (χ4v) is 2.73. The summed E-state index contributed by atoms with van der Waals surface area (Å²) in [7, 11) is 0. The number of aromatic nitrogens is 2. The van der Waals surface area contributed by atoms with Crippen LogP contribution in [-0.4, -0.2) is 29.3 Å². The maximum atomic E-state index is 6.01. The van der Waals surface area contributed by atoms with Crippen molar-refractivity contribution in [2.75, 3.05) is 18.0 Å². The third-order valence-corrected chi connectivity index (χ3v) is 4.03. The van der Waals surface area contributed by atoms with E-state index < -0.39 is 0 Å². The molecule has 1 aliphatic rings. The van der Waals surface area contributed by atoms with Gasteiger partial charge in [0.15, 0.2) is 5.82 Å². The molecule has 0 amide bonds. The molecule has 1 saturated heterocycles. The molecular formula is C14H17BrN4. The molecule has 0 aliphatic carbocycles. The summed E-state index contributed by atoms with van der Waals surface area (Å²) in [4.78, 5) is 2.26. The molecule has 100 valence electrons. The predicted octanol–water partition coefficient (Wildman–Crippen LogP) is 2.77. The van der Waals surface area contributed by atoms with E-state index >= 15 is 0 Å². The van der Waals surface area contributed by atoms with Crippen molar-refractivity contribution >= 4 is 21.7 Å². The first kappa shape index (κ1) is 12.7. The Morgan fingerprint density at radius 1 is 1.32 bits per heavy atom. The molecule has 1 aromatic heterocycles. The van der Waals surface area contributed by atoms with E-state index in [1.165, 1.54) is 0 Å². The number of piperidine rings is 1. The zero-order valence-corrected chi connectivity index (χ0v) is 12.2. The van der Waals surface area contributed by atoms with Crippen molar-refractivity contribution < 1.29 is 0 Å². The zero-order valence-electron chi connectivity index (χ0n) is 10.6. The van der Waals surface area contributed by atoms with Crippen LogP contribution in [0.3, 0.4) is 0 Å². The van der Waals surface area contributed by atoms with Crippen LogP contribution in [0.5, 0.6) is 0 Å². The molecule has 3 rings (SSSR count). The Labute approximate surface area is 121 Å². The minimum Gasteiger partial charge on any atom is -0.354 e. The highest BCUT2D eigenvalue weighted by molar-refractivity contribution is 9.10. The van der Waals surface area contributed by atoms with Crippen LogP contribution in [0.2, 0.25) is 0 Å². The van der Waals surface area contributed by atoms with Crippen LogP contribution in [0, 0.1) is 0 Å². The van der Waals surface area contributed by atoms with Gasteiger partial charge in [0.05, 0.1) is 5.69 Å². The van der Waals surface area contributed by atoms with Gasteiger partial charge in [-0.05, 0) is 30.5 Å². The molecule has 2 aromatic rings. The lowest BCUT2D eigenvalue weighted by Crippen LogP contribution is -2.43. The molecule has 1 aromatic carbocycles. The summed E-state index contributed by atoms with van der Waals surface area (Å²) >= 11 is 3.44. The number of nitrogens with one attached hydrogen (secondary N) is 1. The Balaban J connectivity index is 1.81. The lowest BCUT2D eigenvalue weighted by molar-refractivity contribution is 0.503. The first-order valence-electron chi connectivity index (χ1n) is 6.54. The van der Waals surface area contributed by atoms with Crippen molar-refractivity contribution in [1.29, 1.82) is 0 Å². The molecule has 1 atom stereocenters.